The van der Waals surface area contributed by atoms with E-state index in [1.165, 1.54) is 16.7 Å². The molecule has 0 saturated carbocycles. The third-order valence-electron chi connectivity index (χ3n) is 2.76. The molecule has 0 N–H and O–H groups in total. The number of nitrogens with zero attached hydrogens (tertiary/aromatic N) is 1. The van der Waals surface area contributed by atoms with E-state index >= 15 is 0 Å². The maximum Gasteiger partial charge on any atom is 0.276 e. The van der Waals surface area contributed by atoms with Crippen molar-refractivity contribution in [3.63, 3.8) is 0 Å². The van der Waals surface area contributed by atoms with Crippen molar-refractivity contribution in [1.29, 1.82) is 0 Å². The van der Waals surface area contributed by atoms with Crippen molar-refractivity contribution in [2.24, 2.45) is 7.05 Å². The highest BCUT2D eigenvalue weighted by Gasteiger charge is 2.16. The third-order valence-corrected chi connectivity index (χ3v) is 4.14. The number of hydrogen-bond acceptors (Lipinski definition) is 2. The maximum atomic E-state index is 13.5. The Kier molecular flexibility index (Phi) is 3.45. The molecular formula is C12H11ClFNO2S. The van der Waals surface area contributed by atoms with Crippen LogP contribution in [-0.4, -0.2) is 13.0 Å². The van der Waals surface area contributed by atoms with Crippen molar-refractivity contribution < 1.29 is 12.8 Å². The lowest BCUT2D eigenvalue weighted by molar-refractivity contribution is 0.596. The van der Waals surface area contributed by atoms with Crippen molar-refractivity contribution in [1.82, 2.24) is 4.57 Å². The molecule has 0 aliphatic rings. The summed E-state index contributed by atoms with van der Waals surface area (Å²) >= 11 is 0. The van der Waals surface area contributed by atoms with E-state index in [0.29, 0.717) is 17.7 Å². The number of aromatic nitrogens is 1. The second-order valence-electron chi connectivity index (χ2n) is 3.93. The monoisotopic (exact) mass is 287 g/mol. The van der Waals surface area contributed by atoms with Gasteiger partial charge in [0.1, 0.15) is 5.82 Å². The molecule has 0 unspecified atom stereocenters. The summed E-state index contributed by atoms with van der Waals surface area (Å²) in [6, 6.07) is 9.42. The number of halogens is 2. The highest BCUT2D eigenvalue weighted by atomic mass is 35.7. The Labute approximate surface area is 109 Å². The van der Waals surface area contributed by atoms with Crippen molar-refractivity contribution in [3.8, 4) is 0 Å². The summed E-state index contributed by atoms with van der Waals surface area (Å²) in [5, 5.41) is 0.00973. The van der Waals surface area contributed by atoms with Crippen LogP contribution in [-0.2, 0) is 22.5 Å². The van der Waals surface area contributed by atoms with Crippen LogP contribution >= 0.6 is 10.7 Å². The van der Waals surface area contributed by atoms with E-state index in [2.05, 4.69) is 0 Å². The van der Waals surface area contributed by atoms with Crippen LogP contribution in [0.5, 0.6) is 0 Å². The summed E-state index contributed by atoms with van der Waals surface area (Å²) in [7, 11) is 3.10. The Balaban J connectivity index is 2.38. The van der Waals surface area contributed by atoms with E-state index in [1.807, 2.05) is 0 Å². The molecule has 0 atom stereocenters. The first-order chi connectivity index (χ1) is 8.39. The van der Waals surface area contributed by atoms with E-state index in [4.69, 9.17) is 10.7 Å². The molecule has 18 heavy (non-hydrogen) atoms. The summed E-state index contributed by atoms with van der Waals surface area (Å²) < 4.78 is 37.5. The summed E-state index contributed by atoms with van der Waals surface area (Å²) in [5.74, 6) is -0.311. The van der Waals surface area contributed by atoms with Gasteiger partial charge in [0.15, 0.2) is 5.03 Å². The van der Waals surface area contributed by atoms with Crippen molar-refractivity contribution in [2.75, 3.05) is 0 Å². The van der Waals surface area contributed by atoms with Crippen molar-refractivity contribution >= 4 is 19.7 Å². The molecular weight excluding hydrogens is 277 g/mol. The Morgan fingerprint density at radius 3 is 2.44 bits per heavy atom. The van der Waals surface area contributed by atoms with Gasteiger partial charge in [-0.25, -0.2) is 12.8 Å². The Morgan fingerprint density at radius 2 is 1.89 bits per heavy atom. The van der Waals surface area contributed by atoms with Gasteiger partial charge in [-0.1, -0.05) is 18.2 Å². The Hall–Kier alpha value is -1.33. The van der Waals surface area contributed by atoms with Gasteiger partial charge in [0, 0.05) is 29.8 Å². The normalized spacial score (nSPS) is 11.7. The molecule has 0 saturated heterocycles. The molecule has 3 nitrogen and oxygen atoms in total. The quantitative estimate of drug-likeness (QED) is 0.814. The minimum atomic E-state index is -3.77. The molecule has 1 heterocycles. The van der Waals surface area contributed by atoms with Crippen LogP contribution in [0.25, 0.3) is 0 Å². The van der Waals surface area contributed by atoms with E-state index < -0.39 is 9.05 Å². The first kappa shape index (κ1) is 13.1. The van der Waals surface area contributed by atoms with Gasteiger partial charge in [0.25, 0.3) is 9.05 Å². The second kappa shape index (κ2) is 4.74. The molecule has 0 bridgehead atoms. The topological polar surface area (TPSA) is 39.1 Å². The van der Waals surface area contributed by atoms with Gasteiger partial charge >= 0.3 is 0 Å². The highest BCUT2D eigenvalue weighted by Crippen LogP contribution is 2.20. The average molecular weight is 288 g/mol. The van der Waals surface area contributed by atoms with E-state index in [1.54, 1.807) is 31.3 Å². The summed E-state index contributed by atoms with van der Waals surface area (Å²) in [6.07, 6.45) is 0.315. The molecule has 6 heteroatoms. The zero-order valence-electron chi connectivity index (χ0n) is 9.60. The third kappa shape index (κ3) is 2.57. The predicted molar refractivity (Wildman–Crippen MR) is 67.7 cm³/mol. The minimum absolute atomic E-state index is 0.00973. The zero-order valence-corrected chi connectivity index (χ0v) is 11.2. The van der Waals surface area contributed by atoms with Gasteiger partial charge in [-0.05, 0) is 23.8 Å². The van der Waals surface area contributed by atoms with Crippen LogP contribution in [0.2, 0.25) is 0 Å². The summed E-state index contributed by atoms with van der Waals surface area (Å²) in [6.45, 7) is 0. The fraction of sp³-hybridized carbons (Fsp3) is 0.167. The molecule has 0 fully saturated rings. The second-order valence-corrected chi connectivity index (χ2v) is 6.44. The maximum absolute atomic E-state index is 13.5. The van der Waals surface area contributed by atoms with Crippen LogP contribution < -0.4 is 0 Å². The number of benzene rings is 1. The summed E-state index contributed by atoms with van der Waals surface area (Å²) in [5.41, 5.74) is 1.19. The van der Waals surface area contributed by atoms with Gasteiger partial charge in [-0.2, -0.15) is 0 Å². The van der Waals surface area contributed by atoms with Crippen molar-refractivity contribution in [2.45, 2.75) is 11.4 Å². The molecule has 1 aromatic carbocycles. The van der Waals surface area contributed by atoms with E-state index in [0.717, 1.165) is 0 Å². The average Bonchev–Trinajstić information content (AvgIpc) is 2.63. The SMILES string of the molecule is Cn1c(Cc2ccccc2F)ccc1S(=O)(=O)Cl. The fourth-order valence-electron chi connectivity index (χ4n) is 1.79. The van der Waals surface area contributed by atoms with Gasteiger partial charge in [-0.15, -0.1) is 0 Å². The molecule has 2 aromatic rings. The van der Waals surface area contributed by atoms with Crippen LogP contribution in [0.1, 0.15) is 11.3 Å². The smallest absolute Gasteiger partial charge is 0.276 e. The van der Waals surface area contributed by atoms with Crippen LogP contribution in [0.15, 0.2) is 41.4 Å². The molecule has 0 amide bonds. The molecule has 0 aliphatic heterocycles. The number of rotatable bonds is 3. The van der Waals surface area contributed by atoms with Gasteiger partial charge in [0.05, 0.1) is 0 Å². The lowest BCUT2D eigenvalue weighted by Gasteiger charge is -2.06. The predicted octanol–water partition coefficient (Wildman–Crippen LogP) is 2.68. The van der Waals surface area contributed by atoms with Crippen LogP contribution in [0.3, 0.4) is 0 Å². The van der Waals surface area contributed by atoms with Crippen LogP contribution in [0.4, 0.5) is 4.39 Å². The molecule has 0 aliphatic carbocycles. The molecule has 0 radical (unpaired) electrons. The van der Waals surface area contributed by atoms with Crippen molar-refractivity contribution in [3.05, 3.63) is 53.5 Å². The standard InChI is InChI=1S/C12H11ClFNO2S/c1-15-10(6-7-12(15)18(13,16)17)8-9-4-2-3-5-11(9)14/h2-7H,8H2,1H3. The Bertz CT molecular complexity index is 679. The molecule has 96 valence electrons. The zero-order chi connectivity index (χ0) is 13.3. The largest absolute Gasteiger partial charge is 0.338 e. The van der Waals surface area contributed by atoms with E-state index in [9.17, 15) is 12.8 Å². The molecule has 2 rings (SSSR count). The summed E-state index contributed by atoms with van der Waals surface area (Å²) in [4.78, 5) is 0. The molecule has 0 spiro atoms. The molecule has 1 aromatic heterocycles. The van der Waals surface area contributed by atoms with Gasteiger partial charge in [-0.3, -0.25) is 0 Å². The Morgan fingerprint density at radius 1 is 1.22 bits per heavy atom. The lowest BCUT2D eigenvalue weighted by Crippen LogP contribution is -2.04. The van der Waals surface area contributed by atoms with E-state index in [-0.39, 0.29) is 10.8 Å². The fourth-order valence-corrected chi connectivity index (χ4v) is 2.93. The number of hydrogen-bond donors (Lipinski definition) is 0. The first-order valence-corrected chi connectivity index (χ1v) is 7.53. The van der Waals surface area contributed by atoms with Gasteiger partial charge in [0.2, 0.25) is 0 Å². The minimum Gasteiger partial charge on any atom is -0.338 e. The first-order valence-electron chi connectivity index (χ1n) is 5.22. The van der Waals surface area contributed by atoms with Gasteiger partial charge < -0.3 is 4.57 Å². The highest BCUT2D eigenvalue weighted by molar-refractivity contribution is 8.13. The van der Waals surface area contributed by atoms with Crippen LogP contribution in [0, 0.1) is 5.82 Å². The lowest BCUT2D eigenvalue weighted by atomic mass is 10.1.